The zero-order valence-electron chi connectivity index (χ0n) is 12.0. The third-order valence-electron chi connectivity index (χ3n) is 4.02. The summed E-state index contributed by atoms with van der Waals surface area (Å²) in [5.74, 6) is 2.05. The number of aryl methyl sites for hydroxylation is 2. The molecule has 0 spiro atoms. The summed E-state index contributed by atoms with van der Waals surface area (Å²) < 4.78 is 16.6. The van der Waals surface area contributed by atoms with Gasteiger partial charge >= 0.3 is 0 Å². The molecule has 0 radical (unpaired) electrons. The number of benzene rings is 1. The van der Waals surface area contributed by atoms with E-state index < -0.39 is 0 Å². The second-order valence-electron chi connectivity index (χ2n) is 5.57. The number of ether oxygens (including phenoxy) is 1. The van der Waals surface area contributed by atoms with Crippen LogP contribution in [-0.4, -0.2) is 23.4 Å². The van der Waals surface area contributed by atoms with Gasteiger partial charge in [-0.2, -0.15) is 4.98 Å². The van der Waals surface area contributed by atoms with Crippen molar-refractivity contribution in [3.63, 3.8) is 0 Å². The SMILES string of the molecule is Cc1ccc2oc(-c3nc([C@H]4CCOC4)no3)c(C)c2c1. The van der Waals surface area contributed by atoms with Crippen LogP contribution >= 0.6 is 0 Å². The maximum atomic E-state index is 5.89. The van der Waals surface area contributed by atoms with Crippen LogP contribution in [0.3, 0.4) is 0 Å². The van der Waals surface area contributed by atoms with Crippen LogP contribution in [0.15, 0.2) is 27.1 Å². The van der Waals surface area contributed by atoms with Gasteiger partial charge in [0.1, 0.15) is 5.58 Å². The van der Waals surface area contributed by atoms with Gasteiger partial charge in [0.15, 0.2) is 11.6 Å². The highest BCUT2D eigenvalue weighted by Crippen LogP contribution is 2.33. The molecule has 0 aliphatic carbocycles. The molecule has 5 heteroatoms. The van der Waals surface area contributed by atoms with Gasteiger partial charge in [0.05, 0.1) is 6.61 Å². The van der Waals surface area contributed by atoms with Crippen molar-refractivity contribution in [2.24, 2.45) is 0 Å². The van der Waals surface area contributed by atoms with E-state index in [-0.39, 0.29) is 5.92 Å². The van der Waals surface area contributed by atoms with E-state index in [0.717, 1.165) is 29.6 Å². The van der Waals surface area contributed by atoms with Crippen LogP contribution in [0.25, 0.3) is 22.6 Å². The summed E-state index contributed by atoms with van der Waals surface area (Å²) in [5.41, 5.74) is 3.08. The summed E-state index contributed by atoms with van der Waals surface area (Å²) in [4.78, 5) is 4.49. The maximum absolute atomic E-state index is 5.89. The lowest BCUT2D eigenvalue weighted by atomic mass is 10.1. The van der Waals surface area contributed by atoms with E-state index in [1.165, 1.54) is 5.56 Å². The van der Waals surface area contributed by atoms with Gasteiger partial charge in [-0.25, -0.2) is 0 Å². The highest BCUT2D eigenvalue weighted by molar-refractivity contribution is 5.86. The lowest BCUT2D eigenvalue weighted by molar-refractivity contribution is 0.192. The monoisotopic (exact) mass is 284 g/mol. The molecular weight excluding hydrogens is 268 g/mol. The first-order valence-corrected chi connectivity index (χ1v) is 7.14. The molecule has 1 fully saturated rings. The molecule has 3 aromatic rings. The van der Waals surface area contributed by atoms with Crippen LogP contribution in [0.2, 0.25) is 0 Å². The van der Waals surface area contributed by atoms with Crippen LogP contribution in [0.5, 0.6) is 0 Å². The molecule has 1 saturated heterocycles. The molecule has 3 heterocycles. The van der Waals surface area contributed by atoms with Crippen molar-refractivity contribution < 1.29 is 13.7 Å². The van der Waals surface area contributed by atoms with Gasteiger partial charge < -0.3 is 13.7 Å². The molecule has 1 aliphatic rings. The van der Waals surface area contributed by atoms with Crippen molar-refractivity contribution in [2.45, 2.75) is 26.2 Å². The Balaban J connectivity index is 1.77. The Morgan fingerprint density at radius 1 is 1.24 bits per heavy atom. The van der Waals surface area contributed by atoms with E-state index in [1.807, 2.05) is 19.1 Å². The predicted molar refractivity (Wildman–Crippen MR) is 77.2 cm³/mol. The molecule has 1 aliphatic heterocycles. The number of hydrogen-bond acceptors (Lipinski definition) is 5. The Kier molecular flexibility index (Phi) is 2.82. The van der Waals surface area contributed by atoms with E-state index in [9.17, 15) is 0 Å². The molecular formula is C16H16N2O3. The standard InChI is InChI=1S/C16H16N2O3/c1-9-3-4-13-12(7-9)10(2)14(20-13)16-17-15(18-21-16)11-5-6-19-8-11/h3-4,7,11H,5-6,8H2,1-2H3/t11-/m0/s1. The minimum atomic E-state index is 0.231. The Labute approximate surface area is 121 Å². The third kappa shape index (κ3) is 2.05. The number of fused-ring (bicyclic) bond motifs is 1. The third-order valence-corrected chi connectivity index (χ3v) is 4.02. The zero-order chi connectivity index (χ0) is 14.4. The number of hydrogen-bond donors (Lipinski definition) is 0. The summed E-state index contributed by atoms with van der Waals surface area (Å²) in [7, 11) is 0. The Morgan fingerprint density at radius 2 is 2.14 bits per heavy atom. The predicted octanol–water partition coefficient (Wildman–Crippen LogP) is 3.60. The van der Waals surface area contributed by atoms with Crippen LogP contribution in [-0.2, 0) is 4.74 Å². The first-order chi connectivity index (χ1) is 10.2. The lowest BCUT2D eigenvalue weighted by Gasteiger charge is -1.97. The van der Waals surface area contributed by atoms with Crippen LogP contribution < -0.4 is 0 Å². The molecule has 1 atom stereocenters. The molecule has 2 aromatic heterocycles. The minimum Gasteiger partial charge on any atom is -0.451 e. The van der Waals surface area contributed by atoms with Gasteiger partial charge in [0.2, 0.25) is 0 Å². The summed E-state index contributed by atoms with van der Waals surface area (Å²) >= 11 is 0. The fourth-order valence-corrected chi connectivity index (χ4v) is 2.77. The van der Waals surface area contributed by atoms with Gasteiger partial charge in [-0.05, 0) is 32.4 Å². The van der Waals surface area contributed by atoms with Crippen LogP contribution in [0.1, 0.15) is 29.3 Å². The molecule has 0 unspecified atom stereocenters. The van der Waals surface area contributed by atoms with Crippen molar-refractivity contribution in [1.82, 2.24) is 10.1 Å². The van der Waals surface area contributed by atoms with E-state index in [2.05, 4.69) is 23.1 Å². The Hall–Kier alpha value is -2.14. The Morgan fingerprint density at radius 3 is 2.95 bits per heavy atom. The summed E-state index contributed by atoms with van der Waals surface area (Å²) in [6.45, 7) is 5.51. The largest absolute Gasteiger partial charge is 0.451 e. The van der Waals surface area contributed by atoms with E-state index in [0.29, 0.717) is 24.1 Å². The molecule has 0 amide bonds. The molecule has 21 heavy (non-hydrogen) atoms. The number of aromatic nitrogens is 2. The van der Waals surface area contributed by atoms with E-state index in [4.69, 9.17) is 13.7 Å². The molecule has 5 nitrogen and oxygen atoms in total. The van der Waals surface area contributed by atoms with Gasteiger partial charge in [-0.3, -0.25) is 0 Å². The molecule has 108 valence electrons. The number of rotatable bonds is 2. The average Bonchev–Trinajstić information content (AvgIpc) is 3.18. The van der Waals surface area contributed by atoms with Crippen molar-refractivity contribution in [3.8, 4) is 11.7 Å². The highest BCUT2D eigenvalue weighted by atomic mass is 16.5. The second-order valence-corrected chi connectivity index (χ2v) is 5.57. The lowest BCUT2D eigenvalue weighted by Crippen LogP contribution is -1.99. The topological polar surface area (TPSA) is 61.3 Å². The number of furan rings is 1. The summed E-state index contributed by atoms with van der Waals surface area (Å²) in [6.07, 6.45) is 0.942. The van der Waals surface area contributed by atoms with Gasteiger partial charge in [0.25, 0.3) is 5.89 Å². The smallest absolute Gasteiger partial charge is 0.293 e. The van der Waals surface area contributed by atoms with Crippen molar-refractivity contribution in [3.05, 3.63) is 35.2 Å². The molecule has 1 aromatic carbocycles. The van der Waals surface area contributed by atoms with Crippen molar-refractivity contribution in [1.29, 1.82) is 0 Å². The van der Waals surface area contributed by atoms with Crippen LogP contribution in [0.4, 0.5) is 0 Å². The fourth-order valence-electron chi connectivity index (χ4n) is 2.77. The van der Waals surface area contributed by atoms with Crippen molar-refractivity contribution in [2.75, 3.05) is 13.2 Å². The first kappa shape index (κ1) is 12.6. The maximum Gasteiger partial charge on any atom is 0.293 e. The zero-order valence-corrected chi connectivity index (χ0v) is 12.0. The van der Waals surface area contributed by atoms with E-state index >= 15 is 0 Å². The van der Waals surface area contributed by atoms with Crippen LogP contribution in [0, 0.1) is 13.8 Å². The van der Waals surface area contributed by atoms with Crippen molar-refractivity contribution >= 4 is 11.0 Å². The van der Waals surface area contributed by atoms with Gasteiger partial charge in [-0.15, -0.1) is 0 Å². The quantitative estimate of drug-likeness (QED) is 0.719. The summed E-state index contributed by atoms with van der Waals surface area (Å²) in [5, 5.41) is 5.17. The Bertz CT molecular complexity index is 797. The highest BCUT2D eigenvalue weighted by Gasteiger charge is 2.25. The molecule has 4 rings (SSSR count). The first-order valence-electron chi connectivity index (χ1n) is 7.14. The average molecular weight is 284 g/mol. The minimum absolute atomic E-state index is 0.231. The fraction of sp³-hybridized carbons (Fsp3) is 0.375. The second kappa shape index (κ2) is 4.70. The van der Waals surface area contributed by atoms with E-state index in [1.54, 1.807) is 0 Å². The van der Waals surface area contributed by atoms with Gasteiger partial charge in [0, 0.05) is 23.5 Å². The molecule has 0 saturated carbocycles. The number of nitrogens with zero attached hydrogens (tertiary/aromatic N) is 2. The normalized spacial score (nSPS) is 18.7. The molecule has 0 bridgehead atoms. The summed E-state index contributed by atoms with van der Waals surface area (Å²) in [6, 6.07) is 6.12. The molecule has 0 N–H and O–H groups in total. The van der Waals surface area contributed by atoms with Gasteiger partial charge in [-0.1, -0.05) is 16.8 Å².